The van der Waals surface area contributed by atoms with Gasteiger partial charge in [0.15, 0.2) is 0 Å². The monoisotopic (exact) mass is 474 g/mol. The molecule has 0 aromatic heterocycles. The number of carboxylic acid groups (broad SMARTS) is 1. The molecule has 0 aliphatic rings. The Labute approximate surface area is 206 Å². The Bertz CT molecular complexity index is 693. The quantitative estimate of drug-likeness (QED) is 0.209. The van der Waals surface area contributed by atoms with Crippen molar-refractivity contribution in [3.05, 3.63) is 35.9 Å². The fourth-order valence-electron chi connectivity index (χ4n) is 4.00. The number of hydrogen-bond donors (Lipinski definition) is 3. The van der Waals surface area contributed by atoms with E-state index in [-0.39, 0.29) is 5.91 Å². The zero-order valence-electron chi connectivity index (χ0n) is 21.3. The molecular formula is C28H46N2O4. The first-order chi connectivity index (χ1) is 16.4. The number of carbonyl (C=O) groups excluding carboxylic acids is 2. The van der Waals surface area contributed by atoms with Crippen LogP contribution in [0.3, 0.4) is 0 Å². The molecule has 0 saturated heterocycles. The van der Waals surface area contributed by atoms with Crippen LogP contribution in [0, 0.1) is 0 Å². The van der Waals surface area contributed by atoms with Crippen LogP contribution >= 0.6 is 0 Å². The summed E-state index contributed by atoms with van der Waals surface area (Å²) in [6.45, 7) is 3.66. The molecule has 0 spiro atoms. The topological polar surface area (TPSA) is 95.5 Å². The van der Waals surface area contributed by atoms with Gasteiger partial charge in [0, 0.05) is 12.8 Å². The summed E-state index contributed by atoms with van der Waals surface area (Å²) in [5, 5.41) is 14.3. The van der Waals surface area contributed by atoms with Crippen LogP contribution in [0.4, 0.5) is 0 Å². The Morgan fingerprint density at radius 3 is 1.76 bits per heavy atom. The van der Waals surface area contributed by atoms with Gasteiger partial charge in [-0.05, 0) is 18.9 Å². The molecule has 2 atom stereocenters. The van der Waals surface area contributed by atoms with Crippen molar-refractivity contribution in [3.63, 3.8) is 0 Å². The maximum atomic E-state index is 12.6. The minimum atomic E-state index is -1.11. The fraction of sp³-hybridized carbons (Fsp3) is 0.679. The number of aliphatic carboxylic acids is 1. The Morgan fingerprint density at radius 2 is 1.26 bits per heavy atom. The molecule has 1 aromatic carbocycles. The molecule has 0 saturated carbocycles. The summed E-state index contributed by atoms with van der Waals surface area (Å²) in [6.07, 6.45) is 16.9. The second kappa shape index (κ2) is 19.0. The Kier molecular flexibility index (Phi) is 16.6. The van der Waals surface area contributed by atoms with Gasteiger partial charge < -0.3 is 15.7 Å². The van der Waals surface area contributed by atoms with Gasteiger partial charge >= 0.3 is 5.97 Å². The van der Waals surface area contributed by atoms with E-state index in [0.29, 0.717) is 12.8 Å². The van der Waals surface area contributed by atoms with Crippen molar-refractivity contribution in [2.45, 2.75) is 122 Å². The lowest BCUT2D eigenvalue weighted by molar-refractivity contribution is -0.141. The predicted molar refractivity (Wildman–Crippen MR) is 138 cm³/mol. The van der Waals surface area contributed by atoms with Crippen LogP contribution in [0.5, 0.6) is 0 Å². The van der Waals surface area contributed by atoms with Crippen molar-refractivity contribution >= 4 is 17.8 Å². The first kappa shape index (κ1) is 29.7. The maximum absolute atomic E-state index is 12.6. The van der Waals surface area contributed by atoms with Crippen LogP contribution in [0.1, 0.15) is 109 Å². The minimum Gasteiger partial charge on any atom is -0.480 e. The summed E-state index contributed by atoms with van der Waals surface area (Å²) in [6, 6.07) is 7.61. The highest BCUT2D eigenvalue weighted by atomic mass is 16.4. The molecule has 0 aliphatic heterocycles. The van der Waals surface area contributed by atoms with E-state index in [1.165, 1.54) is 71.1 Å². The molecule has 0 bridgehead atoms. The van der Waals surface area contributed by atoms with E-state index in [9.17, 15) is 14.4 Å². The lowest BCUT2D eigenvalue weighted by Gasteiger charge is -2.20. The molecule has 6 heteroatoms. The smallest absolute Gasteiger partial charge is 0.325 e. The van der Waals surface area contributed by atoms with Gasteiger partial charge in [-0.25, -0.2) is 0 Å². The summed E-state index contributed by atoms with van der Waals surface area (Å²) < 4.78 is 0. The third-order valence-electron chi connectivity index (χ3n) is 6.17. The van der Waals surface area contributed by atoms with E-state index < -0.39 is 24.0 Å². The summed E-state index contributed by atoms with van der Waals surface area (Å²) in [5.74, 6) is -1.75. The molecule has 1 aromatic rings. The molecule has 6 nitrogen and oxygen atoms in total. The zero-order valence-corrected chi connectivity index (χ0v) is 21.3. The summed E-state index contributed by atoms with van der Waals surface area (Å²) in [7, 11) is 0. The molecule has 1 rings (SSSR count). The van der Waals surface area contributed by atoms with Crippen molar-refractivity contribution in [1.82, 2.24) is 10.6 Å². The van der Waals surface area contributed by atoms with Gasteiger partial charge in [0.25, 0.3) is 0 Å². The standard InChI is InChI=1S/C28H46N2O4/c1-3-4-5-6-7-8-9-10-11-12-13-14-18-21-26(31)30-25(22-24-19-16-15-17-20-24)27(32)29-23(2)28(33)34/h15-17,19-20,23,25H,3-14,18,21-22H2,1-2H3,(H,29,32)(H,30,31)(H,33,34). The number of amides is 2. The first-order valence-corrected chi connectivity index (χ1v) is 13.3. The largest absolute Gasteiger partial charge is 0.480 e. The fourth-order valence-corrected chi connectivity index (χ4v) is 4.00. The van der Waals surface area contributed by atoms with Crippen LogP contribution in [-0.2, 0) is 20.8 Å². The molecule has 2 amide bonds. The third-order valence-corrected chi connectivity index (χ3v) is 6.17. The van der Waals surface area contributed by atoms with Gasteiger partial charge in [0.2, 0.25) is 11.8 Å². The number of carbonyl (C=O) groups is 3. The van der Waals surface area contributed by atoms with Crippen molar-refractivity contribution in [3.8, 4) is 0 Å². The number of nitrogens with one attached hydrogen (secondary N) is 2. The van der Waals surface area contributed by atoms with Crippen LogP contribution in [0.2, 0.25) is 0 Å². The minimum absolute atomic E-state index is 0.165. The SMILES string of the molecule is CCCCCCCCCCCCCCCC(=O)NC(Cc1ccccc1)C(=O)NC(C)C(=O)O. The van der Waals surface area contributed by atoms with Crippen molar-refractivity contribution < 1.29 is 19.5 Å². The van der Waals surface area contributed by atoms with Crippen LogP contribution < -0.4 is 10.6 Å². The number of unbranched alkanes of at least 4 members (excludes halogenated alkanes) is 12. The summed E-state index contributed by atoms with van der Waals surface area (Å²) in [5.41, 5.74) is 0.909. The van der Waals surface area contributed by atoms with Gasteiger partial charge in [0.05, 0.1) is 0 Å². The van der Waals surface area contributed by atoms with Crippen LogP contribution in [0.15, 0.2) is 30.3 Å². The van der Waals surface area contributed by atoms with Crippen LogP contribution in [0.25, 0.3) is 0 Å². The van der Waals surface area contributed by atoms with Gasteiger partial charge in [-0.2, -0.15) is 0 Å². The number of carboxylic acids is 1. The molecule has 2 unspecified atom stereocenters. The Hall–Kier alpha value is -2.37. The van der Waals surface area contributed by atoms with Crippen LogP contribution in [-0.4, -0.2) is 35.0 Å². The molecule has 0 aliphatic carbocycles. The zero-order chi connectivity index (χ0) is 25.0. The third kappa shape index (κ3) is 14.7. The van der Waals surface area contributed by atoms with Gasteiger partial charge in [-0.15, -0.1) is 0 Å². The molecule has 3 N–H and O–H groups in total. The Morgan fingerprint density at radius 1 is 0.765 bits per heavy atom. The number of rotatable bonds is 20. The molecule has 0 radical (unpaired) electrons. The van der Waals surface area contributed by atoms with Gasteiger partial charge in [-0.3, -0.25) is 14.4 Å². The lowest BCUT2D eigenvalue weighted by Crippen LogP contribution is -2.51. The summed E-state index contributed by atoms with van der Waals surface area (Å²) >= 11 is 0. The number of benzene rings is 1. The molecule has 192 valence electrons. The highest BCUT2D eigenvalue weighted by Crippen LogP contribution is 2.13. The van der Waals surface area contributed by atoms with Gasteiger partial charge in [0.1, 0.15) is 12.1 Å². The van der Waals surface area contributed by atoms with E-state index in [2.05, 4.69) is 17.6 Å². The first-order valence-electron chi connectivity index (χ1n) is 13.3. The highest BCUT2D eigenvalue weighted by Gasteiger charge is 2.24. The van der Waals surface area contributed by atoms with Crippen molar-refractivity contribution in [2.75, 3.05) is 0 Å². The molecular weight excluding hydrogens is 428 g/mol. The van der Waals surface area contributed by atoms with Gasteiger partial charge in [-0.1, -0.05) is 114 Å². The molecule has 0 heterocycles. The Balaban J connectivity index is 2.25. The van der Waals surface area contributed by atoms with E-state index in [4.69, 9.17) is 5.11 Å². The maximum Gasteiger partial charge on any atom is 0.325 e. The molecule has 34 heavy (non-hydrogen) atoms. The summed E-state index contributed by atoms with van der Waals surface area (Å²) in [4.78, 5) is 36.1. The molecule has 0 fully saturated rings. The number of hydrogen-bond acceptors (Lipinski definition) is 3. The normalized spacial score (nSPS) is 12.6. The van der Waals surface area contributed by atoms with E-state index in [0.717, 1.165) is 24.8 Å². The lowest BCUT2D eigenvalue weighted by atomic mass is 10.0. The van der Waals surface area contributed by atoms with E-state index in [1.807, 2.05) is 30.3 Å². The average molecular weight is 475 g/mol. The average Bonchev–Trinajstić information content (AvgIpc) is 2.82. The van der Waals surface area contributed by atoms with Crippen molar-refractivity contribution in [1.29, 1.82) is 0 Å². The second-order valence-corrected chi connectivity index (χ2v) is 9.37. The predicted octanol–water partition coefficient (Wildman–Crippen LogP) is 5.78. The van der Waals surface area contributed by atoms with Crippen molar-refractivity contribution in [2.24, 2.45) is 0 Å². The van der Waals surface area contributed by atoms with E-state index >= 15 is 0 Å². The van der Waals surface area contributed by atoms with E-state index in [1.54, 1.807) is 0 Å². The highest BCUT2D eigenvalue weighted by molar-refractivity contribution is 5.90. The second-order valence-electron chi connectivity index (χ2n) is 9.37.